The number of nitrogens with one attached hydrogen (secondary N) is 1. The third-order valence-electron chi connectivity index (χ3n) is 4.88. The molecule has 1 amide bonds. The van der Waals surface area contributed by atoms with Crippen LogP contribution in [0.5, 0.6) is 5.75 Å². The maximum atomic E-state index is 12.0. The molecule has 146 valence electrons. The van der Waals surface area contributed by atoms with E-state index in [4.69, 9.17) is 4.74 Å². The second-order valence-electron chi connectivity index (χ2n) is 7.75. The summed E-state index contributed by atoms with van der Waals surface area (Å²) in [5.41, 5.74) is 1.28. The molecule has 1 aliphatic heterocycles. The van der Waals surface area contributed by atoms with Crippen LogP contribution in [0.2, 0.25) is 0 Å². The Kier molecular flexibility index (Phi) is 8.43. The van der Waals surface area contributed by atoms with Crippen LogP contribution >= 0.6 is 0 Å². The number of carbonyl (C=O) groups is 1. The molecule has 0 spiro atoms. The number of hydrogen-bond acceptors (Lipinski definition) is 3. The SMILES string of the molecule is CC.CC(C)CCOc1ccc(CN2CC(C(=O)NCC3CC3)C2)cc1. The van der Waals surface area contributed by atoms with Crippen molar-refractivity contribution in [1.29, 1.82) is 0 Å². The van der Waals surface area contributed by atoms with Crippen LogP contribution in [-0.2, 0) is 11.3 Å². The van der Waals surface area contributed by atoms with Gasteiger partial charge in [-0.3, -0.25) is 9.69 Å². The molecule has 4 heteroatoms. The van der Waals surface area contributed by atoms with E-state index in [9.17, 15) is 4.79 Å². The first-order chi connectivity index (χ1) is 12.6. The average Bonchev–Trinajstić information content (AvgIpc) is 3.43. The highest BCUT2D eigenvalue weighted by Crippen LogP contribution is 2.28. The van der Waals surface area contributed by atoms with Crippen LogP contribution in [0.1, 0.15) is 52.5 Å². The van der Waals surface area contributed by atoms with Crippen LogP contribution in [-0.4, -0.2) is 37.0 Å². The van der Waals surface area contributed by atoms with Gasteiger partial charge in [-0.1, -0.05) is 39.8 Å². The van der Waals surface area contributed by atoms with Crippen molar-refractivity contribution >= 4 is 5.91 Å². The highest BCUT2D eigenvalue weighted by Gasteiger charge is 2.33. The van der Waals surface area contributed by atoms with Gasteiger partial charge < -0.3 is 10.1 Å². The first-order valence-corrected chi connectivity index (χ1v) is 10.3. The van der Waals surface area contributed by atoms with E-state index in [1.54, 1.807) is 0 Å². The predicted molar refractivity (Wildman–Crippen MR) is 107 cm³/mol. The van der Waals surface area contributed by atoms with Gasteiger partial charge in [0.1, 0.15) is 5.75 Å². The second-order valence-corrected chi connectivity index (χ2v) is 7.75. The van der Waals surface area contributed by atoms with Crippen molar-refractivity contribution in [2.24, 2.45) is 17.8 Å². The van der Waals surface area contributed by atoms with Crippen LogP contribution in [0, 0.1) is 17.8 Å². The molecule has 2 fully saturated rings. The van der Waals surface area contributed by atoms with Crippen LogP contribution in [0.3, 0.4) is 0 Å². The van der Waals surface area contributed by atoms with E-state index in [2.05, 4.69) is 48.3 Å². The van der Waals surface area contributed by atoms with E-state index in [1.165, 1.54) is 18.4 Å². The molecule has 1 aromatic carbocycles. The summed E-state index contributed by atoms with van der Waals surface area (Å²) in [5, 5.41) is 3.08. The van der Waals surface area contributed by atoms with E-state index < -0.39 is 0 Å². The Hall–Kier alpha value is -1.55. The van der Waals surface area contributed by atoms with Crippen molar-refractivity contribution in [3.05, 3.63) is 29.8 Å². The smallest absolute Gasteiger partial charge is 0.225 e. The molecule has 4 nitrogen and oxygen atoms in total. The van der Waals surface area contributed by atoms with Crippen molar-refractivity contribution in [2.75, 3.05) is 26.2 Å². The summed E-state index contributed by atoms with van der Waals surface area (Å²) in [6, 6.07) is 8.36. The lowest BCUT2D eigenvalue weighted by Crippen LogP contribution is -2.53. The van der Waals surface area contributed by atoms with Crippen LogP contribution in [0.4, 0.5) is 0 Å². The Morgan fingerprint density at radius 1 is 1.19 bits per heavy atom. The van der Waals surface area contributed by atoms with E-state index >= 15 is 0 Å². The zero-order chi connectivity index (χ0) is 18.9. The molecule has 1 heterocycles. The molecule has 26 heavy (non-hydrogen) atoms. The fourth-order valence-corrected chi connectivity index (χ4v) is 2.94. The fraction of sp³-hybridized carbons (Fsp3) is 0.682. The largest absolute Gasteiger partial charge is 0.494 e. The summed E-state index contributed by atoms with van der Waals surface area (Å²) in [4.78, 5) is 14.3. The number of nitrogens with zero attached hydrogens (tertiary/aromatic N) is 1. The maximum Gasteiger partial charge on any atom is 0.225 e. The molecule has 1 saturated carbocycles. The topological polar surface area (TPSA) is 41.6 Å². The lowest BCUT2D eigenvalue weighted by molar-refractivity contribution is -0.130. The summed E-state index contributed by atoms with van der Waals surface area (Å²) in [7, 11) is 0. The van der Waals surface area contributed by atoms with Crippen molar-refractivity contribution in [1.82, 2.24) is 10.2 Å². The lowest BCUT2D eigenvalue weighted by Gasteiger charge is -2.38. The van der Waals surface area contributed by atoms with E-state index in [0.29, 0.717) is 5.92 Å². The monoisotopic (exact) mass is 360 g/mol. The molecule has 2 aliphatic rings. The van der Waals surface area contributed by atoms with Crippen LogP contribution in [0.25, 0.3) is 0 Å². The van der Waals surface area contributed by atoms with Gasteiger partial charge in [0.25, 0.3) is 0 Å². The van der Waals surface area contributed by atoms with Crippen molar-refractivity contribution < 1.29 is 9.53 Å². The first kappa shape index (κ1) is 20.8. The van der Waals surface area contributed by atoms with Crippen molar-refractivity contribution in [3.63, 3.8) is 0 Å². The quantitative estimate of drug-likeness (QED) is 0.721. The summed E-state index contributed by atoms with van der Waals surface area (Å²) in [6.45, 7) is 12.7. The van der Waals surface area contributed by atoms with E-state index in [0.717, 1.165) is 50.9 Å². The molecule has 0 bridgehead atoms. The molecule has 0 atom stereocenters. The average molecular weight is 361 g/mol. The minimum Gasteiger partial charge on any atom is -0.494 e. The molecule has 1 N–H and O–H groups in total. The predicted octanol–water partition coefficient (Wildman–Crippen LogP) is 4.10. The van der Waals surface area contributed by atoms with Gasteiger partial charge in [-0.2, -0.15) is 0 Å². The van der Waals surface area contributed by atoms with E-state index in [-0.39, 0.29) is 11.8 Å². The molecule has 0 unspecified atom stereocenters. The van der Waals surface area contributed by atoms with Crippen molar-refractivity contribution in [2.45, 2.75) is 53.5 Å². The van der Waals surface area contributed by atoms with Gasteiger partial charge in [0, 0.05) is 26.2 Å². The van der Waals surface area contributed by atoms with Crippen LogP contribution in [0.15, 0.2) is 24.3 Å². The van der Waals surface area contributed by atoms with Gasteiger partial charge in [0.2, 0.25) is 5.91 Å². The molecule has 1 saturated heterocycles. The fourth-order valence-electron chi connectivity index (χ4n) is 2.94. The summed E-state index contributed by atoms with van der Waals surface area (Å²) >= 11 is 0. The molecule has 0 radical (unpaired) electrons. The number of benzene rings is 1. The van der Waals surface area contributed by atoms with Crippen molar-refractivity contribution in [3.8, 4) is 5.75 Å². The third kappa shape index (κ3) is 6.99. The Balaban J connectivity index is 0.00000117. The molecule has 1 aromatic rings. The molecular weight excluding hydrogens is 324 g/mol. The number of hydrogen-bond donors (Lipinski definition) is 1. The molecule has 0 aromatic heterocycles. The number of ether oxygens (including phenoxy) is 1. The molecule has 1 aliphatic carbocycles. The first-order valence-electron chi connectivity index (χ1n) is 10.3. The van der Waals surface area contributed by atoms with Gasteiger partial charge in [0.05, 0.1) is 12.5 Å². The zero-order valence-corrected chi connectivity index (χ0v) is 17.0. The number of rotatable bonds is 9. The number of likely N-dealkylation sites (tertiary alicyclic amines) is 1. The van der Waals surface area contributed by atoms with Gasteiger partial charge in [0.15, 0.2) is 0 Å². The van der Waals surface area contributed by atoms with Gasteiger partial charge in [-0.15, -0.1) is 0 Å². The highest BCUT2D eigenvalue weighted by atomic mass is 16.5. The standard InChI is InChI=1S/C20H30N2O2.C2H6/c1-15(2)9-10-24-19-7-5-17(6-8-19)12-22-13-18(14-22)20(23)21-11-16-3-4-16;1-2/h5-8,15-16,18H,3-4,9-14H2,1-2H3,(H,21,23);1-2H3. The molecule has 3 rings (SSSR count). The Labute approximate surface area is 159 Å². The summed E-state index contributed by atoms with van der Waals surface area (Å²) in [6.07, 6.45) is 3.65. The van der Waals surface area contributed by atoms with E-state index in [1.807, 2.05) is 13.8 Å². The lowest BCUT2D eigenvalue weighted by atomic mass is 9.98. The van der Waals surface area contributed by atoms with Gasteiger partial charge in [-0.25, -0.2) is 0 Å². The summed E-state index contributed by atoms with van der Waals surface area (Å²) < 4.78 is 5.75. The highest BCUT2D eigenvalue weighted by molar-refractivity contribution is 5.80. The third-order valence-corrected chi connectivity index (χ3v) is 4.88. The number of amides is 1. The van der Waals surface area contributed by atoms with Crippen LogP contribution < -0.4 is 10.1 Å². The Morgan fingerprint density at radius 3 is 2.42 bits per heavy atom. The number of carbonyl (C=O) groups excluding carboxylic acids is 1. The minimum absolute atomic E-state index is 0.183. The van der Waals surface area contributed by atoms with Gasteiger partial charge >= 0.3 is 0 Å². The zero-order valence-electron chi connectivity index (χ0n) is 17.0. The van der Waals surface area contributed by atoms with Gasteiger partial charge in [-0.05, 0) is 48.8 Å². The Bertz CT molecular complexity index is 532. The Morgan fingerprint density at radius 2 is 1.85 bits per heavy atom. The molecular formula is C22H36N2O2. The second kappa shape index (κ2) is 10.6. The normalized spacial score (nSPS) is 17.3. The maximum absolute atomic E-state index is 12.0. The minimum atomic E-state index is 0.183. The summed E-state index contributed by atoms with van der Waals surface area (Å²) in [5.74, 6) is 2.80.